The summed E-state index contributed by atoms with van der Waals surface area (Å²) in [7, 11) is 3.09. The highest BCUT2D eigenvalue weighted by Gasteiger charge is 2.15. The van der Waals surface area contributed by atoms with Crippen molar-refractivity contribution in [3.05, 3.63) is 53.9 Å². The zero-order chi connectivity index (χ0) is 18.1. The third kappa shape index (κ3) is 5.95. The third-order valence-electron chi connectivity index (χ3n) is 3.50. The molecule has 1 aromatic carbocycles. The van der Waals surface area contributed by atoms with Crippen LogP contribution in [0.15, 0.2) is 42.6 Å². The molecule has 1 aromatic heterocycles. The Labute approximate surface area is 151 Å². The second kappa shape index (κ2) is 9.90. The average Bonchev–Trinajstić information content (AvgIpc) is 2.66. The SMILES string of the molecule is COc1ccc(OC)c(C(O)CNC(=O)CSCc2ccccn2)c1. The van der Waals surface area contributed by atoms with E-state index in [-0.39, 0.29) is 12.5 Å². The van der Waals surface area contributed by atoms with Crippen molar-refractivity contribution in [2.45, 2.75) is 11.9 Å². The van der Waals surface area contributed by atoms with Crippen LogP contribution in [0.3, 0.4) is 0 Å². The highest BCUT2D eigenvalue weighted by atomic mass is 32.2. The summed E-state index contributed by atoms with van der Waals surface area (Å²) in [6.07, 6.45) is 0.850. The molecule has 1 unspecified atom stereocenters. The number of rotatable bonds is 9. The number of carbonyl (C=O) groups is 1. The van der Waals surface area contributed by atoms with Crippen molar-refractivity contribution in [2.75, 3.05) is 26.5 Å². The number of aliphatic hydroxyl groups is 1. The number of ether oxygens (including phenoxy) is 2. The topological polar surface area (TPSA) is 80.7 Å². The van der Waals surface area contributed by atoms with Crippen molar-refractivity contribution >= 4 is 17.7 Å². The highest BCUT2D eigenvalue weighted by Crippen LogP contribution is 2.29. The molecule has 2 N–H and O–H groups in total. The highest BCUT2D eigenvalue weighted by molar-refractivity contribution is 7.99. The standard InChI is InChI=1S/C18H22N2O4S/c1-23-14-6-7-17(24-2)15(9-14)16(21)10-20-18(22)12-25-11-13-5-3-4-8-19-13/h3-9,16,21H,10-12H2,1-2H3,(H,20,22). The van der Waals surface area contributed by atoms with E-state index in [9.17, 15) is 9.90 Å². The van der Waals surface area contributed by atoms with Crippen LogP contribution in [-0.4, -0.2) is 42.5 Å². The molecule has 2 aromatic rings. The van der Waals surface area contributed by atoms with Gasteiger partial charge in [0.05, 0.1) is 31.8 Å². The van der Waals surface area contributed by atoms with Crippen molar-refractivity contribution in [2.24, 2.45) is 0 Å². The number of thioether (sulfide) groups is 1. The normalized spacial score (nSPS) is 11.6. The monoisotopic (exact) mass is 362 g/mol. The van der Waals surface area contributed by atoms with Gasteiger partial charge in [-0.25, -0.2) is 0 Å². The quantitative estimate of drug-likeness (QED) is 0.712. The van der Waals surface area contributed by atoms with Gasteiger partial charge in [0.15, 0.2) is 0 Å². The van der Waals surface area contributed by atoms with E-state index in [1.807, 2.05) is 18.2 Å². The van der Waals surface area contributed by atoms with E-state index in [2.05, 4.69) is 10.3 Å². The van der Waals surface area contributed by atoms with E-state index in [1.165, 1.54) is 18.9 Å². The average molecular weight is 362 g/mol. The lowest BCUT2D eigenvalue weighted by molar-refractivity contribution is -0.119. The van der Waals surface area contributed by atoms with Crippen molar-refractivity contribution < 1.29 is 19.4 Å². The van der Waals surface area contributed by atoms with E-state index in [0.29, 0.717) is 28.6 Å². The van der Waals surface area contributed by atoms with Crippen LogP contribution in [-0.2, 0) is 10.5 Å². The molecule has 0 radical (unpaired) electrons. The van der Waals surface area contributed by atoms with Gasteiger partial charge in [0.1, 0.15) is 11.5 Å². The van der Waals surface area contributed by atoms with E-state index in [0.717, 1.165) is 5.69 Å². The second-order valence-electron chi connectivity index (χ2n) is 5.24. The fraction of sp³-hybridized carbons (Fsp3) is 0.333. The first-order chi connectivity index (χ1) is 12.1. The Bertz CT molecular complexity index is 682. The molecule has 0 aliphatic carbocycles. The molecule has 0 saturated carbocycles. The summed E-state index contributed by atoms with van der Waals surface area (Å²) in [4.78, 5) is 16.1. The molecule has 0 fully saturated rings. The van der Waals surface area contributed by atoms with Gasteiger partial charge in [0.2, 0.25) is 5.91 Å². The van der Waals surface area contributed by atoms with Gasteiger partial charge < -0.3 is 19.9 Å². The Hall–Kier alpha value is -2.25. The largest absolute Gasteiger partial charge is 0.497 e. The number of benzene rings is 1. The van der Waals surface area contributed by atoms with E-state index < -0.39 is 6.10 Å². The maximum atomic E-state index is 11.9. The number of pyridine rings is 1. The lowest BCUT2D eigenvalue weighted by Crippen LogP contribution is -2.30. The molecular weight excluding hydrogens is 340 g/mol. The summed E-state index contributed by atoms with van der Waals surface area (Å²) < 4.78 is 10.4. The molecule has 0 aliphatic heterocycles. The number of nitrogens with zero attached hydrogens (tertiary/aromatic N) is 1. The maximum Gasteiger partial charge on any atom is 0.230 e. The number of hydrogen-bond donors (Lipinski definition) is 2. The summed E-state index contributed by atoms with van der Waals surface area (Å²) >= 11 is 1.47. The van der Waals surface area contributed by atoms with Crippen LogP contribution >= 0.6 is 11.8 Å². The smallest absolute Gasteiger partial charge is 0.230 e. The lowest BCUT2D eigenvalue weighted by Gasteiger charge is -2.16. The van der Waals surface area contributed by atoms with Gasteiger partial charge in [-0.05, 0) is 30.3 Å². The number of hydrogen-bond acceptors (Lipinski definition) is 6. The summed E-state index contributed by atoms with van der Waals surface area (Å²) in [6.45, 7) is 0.104. The predicted molar refractivity (Wildman–Crippen MR) is 97.9 cm³/mol. The van der Waals surface area contributed by atoms with E-state index in [1.54, 1.807) is 31.5 Å². The van der Waals surface area contributed by atoms with Crippen LogP contribution in [0.2, 0.25) is 0 Å². The van der Waals surface area contributed by atoms with Gasteiger partial charge in [-0.1, -0.05) is 6.07 Å². The van der Waals surface area contributed by atoms with Crippen LogP contribution in [0, 0.1) is 0 Å². The Morgan fingerprint density at radius 1 is 1.28 bits per heavy atom. The number of methoxy groups -OCH3 is 2. The molecule has 0 saturated heterocycles. The zero-order valence-electron chi connectivity index (χ0n) is 14.3. The number of aromatic nitrogens is 1. The first-order valence-corrected chi connectivity index (χ1v) is 8.94. The summed E-state index contributed by atoms with van der Waals surface area (Å²) in [6, 6.07) is 10.9. The molecular formula is C18H22N2O4S. The predicted octanol–water partition coefficient (Wildman–Crippen LogP) is 2.18. The molecule has 25 heavy (non-hydrogen) atoms. The molecule has 1 heterocycles. The molecule has 0 bridgehead atoms. The minimum Gasteiger partial charge on any atom is -0.497 e. The first-order valence-electron chi connectivity index (χ1n) is 7.78. The minimum absolute atomic E-state index is 0.104. The van der Waals surface area contributed by atoms with Crippen molar-refractivity contribution in [1.82, 2.24) is 10.3 Å². The molecule has 1 atom stereocenters. The summed E-state index contributed by atoms with van der Waals surface area (Å²) in [5.74, 6) is 2.00. The molecule has 134 valence electrons. The molecule has 1 amide bonds. The van der Waals surface area contributed by atoms with Crippen molar-refractivity contribution in [3.8, 4) is 11.5 Å². The van der Waals surface area contributed by atoms with Gasteiger partial charge >= 0.3 is 0 Å². The minimum atomic E-state index is -0.880. The van der Waals surface area contributed by atoms with Crippen molar-refractivity contribution in [1.29, 1.82) is 0 Å². The second-order valence-corrected chi connectivity index (χ2v) is 6.23. The van der Waals surface area contributed by atoms with Gasteiger partial charge in [-0.15, -0.1) is 11.8 Å². The number of aliphatic hydroxyl groups excluding tert-OH is 1. The van der Waals surface area contributed by atoms with Crippen LogP contribution in [0.1, 0.15) is 17.4 Å². The van der Waals surface area contributed by atoms with Gasteiger partial charge in [-0.2, -0.15) is 0 Å². The molecule has 2 rings (SSSR count). The van der Waals surface area contributed by atoms with Gasteiger partial charge in [0.25, 0.3) is 0 Å². The Morgan fingerprint density at radius 2 is 2.12 bits per heavy atom. The van der Waals surface area contributed by atoms with Crippen LogP contribution < -0.4 is 14.8 Å². The van der Waals surface area contributed by atoms with E-state index >= 15 is 0 Å². The summed E-state index contributed by atoms with van der Waals surface area (Å²) in [5, 5.41) is 13.1. The number of carbonyl (C=O) groups excluding carboxylic acids is 1. The lowest BCUT2D eigenvalue weighted by atomic mass is 10.1. The fourth-order valence-electron chi connectivity index (χ4n) is 2.20. The van der Waals surface area contributed by atoms with Gasteiger partial charge in [0, 0.05) is 24.1 Å². The van der Waals surface area contributed by atoms with Crippen molar-refractivity contribution in [3.63, 3.8) is 0 Å². The fourth-order valence-corrected chi connectivity index (χ4v) is 2.97. The summed E-state index contributed by atoms with van der Waals surface area (Å²) in [5.41, 5.74) is 1.50. The van der Waals surface area contributed by atoms with Crippen LogP contribution in [0.4, 0.5) is 0 Å². The first kappa shape index (κ1) is 19.1. The van der Waals surface area contributed by atoms with Crippen LogP contribution in [0.25, 0.3) is 0 Å². The van der Waals surface area contributed by atoms with Gasteiger partial charge in [-0.3, -0.25) is 9.78 Å². The Kier molecular flexibility index (Phi) is 7.56. The number of amides is 1. The third-order valence-corrected chi connectivity index (χ3v) is 4.46. The molecule has 6 nitrogen and oxygen atoms in total. The number of nitrogens with one attached hydrogen (secondary N) is 1. The molecule has 0 aliphatic rings. The van der Waals surface area contributed by atoms with E-state index in [4.69, 9.17) is 9.47 Å². The zero-order valence-corrected chi connectivity index (χ0v) is 15.1. The maximum absolute atomic E-state index is 11.9. The Balaban J connectivity index is 1.81. The Morgan fingerprint density at radius 3 is 2.80 bits per heavy atom. The molecule has 7 heteroatoms. The van der Waals surface area contributed by atoms with Crippen LogP contribution in [0.5, 0.6) is 11.5 Å². The molecule has 0 spiro atoms.